The van der Waals surface area contributed by atoms with Crippen LogP contribution in [0, 0.1) is 5.82 Å². The van der Waals surface area contributed by atoms with E-state index in [-0.39, 0.29) is 35.2 Å². The summed E-state index contributed by atoms with van der Waals surface area (Å²) in [6, 6.07) is 13.2. The fraction of sp³-hybridized carbons (Fsp3) is 0.375. The van der Waals surface area contributed by atoms with Crippen molar-refractivity contribution >= 4 is 26.6 Å². The van der Waals surface area contributed by atoms with Gasteiger partial charge >= 0.3 is 0 Å². The SMILES string of the molecule is CC1CCCC(C)N1C(=O)Cn1cc(S(=O)(=O)Cc2cccc(F)c2)c2ccccc21. The number of likely N-dealkylation sites (tertiary alicyclic amines) is 1. The zero-order valence-electron chi connectivity index (χ0n) is 17.8. The molecule has 0 saturated carbocycles. The molecule has 1 aromatic heterocycles. The van der Waals surface area contributed by atoms with Gasteiger partial charge in [0, 0.05) is 29.2 Å². The van der Waals surface area contributed by atoms with Gasteiger partial charge in [-0.3, -0.25) is 4.79 Å². The molecule has 31 heavy (non-hydrogen) atoms. The Balaban J connectivity index is 1.68. The van der Waals surface area contributed by atoms with Crippen LogP contribution >= 0.6 is 0 Å². The second-order valence-corrected chi connectivity index (χ2v) is 10.4. The van der Waals surface area contributed by atoms with Gasteiger partial charge in [0.1, 0.15) is 12.4 Å². The standard InChI is InChI=1S/C24H27FN2O3S/c1-17-7-5-8-18(2)27(17)24(28)15-26-14-23(21-11-3-4-12-22(21)26)31(29,30)16-19-9-6-10-20(25)13-19/h3-4,6,9-14,17-18H,5,7-8,15-16H2,1-2H3. The van der Waals surface area contributed by atoms with Gasteiger partial charge in [-0.1, -0.05) is 30.3 Å². The first kappa shape index (κ1) is 21.6. The number of para-hydroxylation sites is 1. The van der Waals surface area contributed by atoms with Crippen molar-refractivity contribution in [1.29, 1.82) is 0 Å². The lowest BCUT2D eigenvalue weighted by Gasteiger charge is -2.39. The van der Waals surface area contributed by atoms with Crippen LogP contribution in [0.1, 0.15) is 38.7 Å². The summed E-state index contributed by atoms with van der Waals surface area (Å²) in [4.78, 5) is 15.2. The van der Waals surface area contributed by atoms with Gasteiger partial charge in [-0.25, -0.2) is 12.8 Å². The number of rotatable bonds is 5. The van der Waals surface area contributed by atoms with Crippen LogP contribution in [0.15, 0.2) is 59.6 Å². The summed E-state index contributed by atoms with van der Waals surface area (Å²) in [5, 5.41) is 0.575. The van der Waals surface area contributed by atoms with Crippen molar-refractivity contribution in [2.75, 3.05) is 0 Å². The molecule has 0 bridgehead atoms. The maximum atomic E-state index is 13.5. The molecule has 0 N–H and O–H groups in total. The molecule has 7 heteroatoms. The van der Waals surface area contributed by atoms with E-state index in [9.17, 15) is 17.6 Å². The summed E-state index contributed by atoms with van der Waals surface area (Å²) in [6.07, 6.45) is 4.63. The van der Waals surface area contributed by atoms with E-state index >= 15 is 0 Å². The van der Waals surface area contributed by atoms with Crippen molar-refractivity contribution < 1.29 is 17.6 Å². The van der Waals surface area contributed by atoms with Gasteiger partial charge in [-0.15, -0.1) is 0 Å². The highest BCUT2D eigenvalue weighted by Crippen LogP contribution is 2.29. The number of carbonyl (C=O) groups excluding carboxylic acids is 1. The Hall–Kier alpha value is -2.67. The number of hydrogen-bond acceptors (Lipinski definition) is 3. The molecule has 0 spiro atoms. The molecule has 1 aliphatic heterocycles. The van der Waals surface area contributed by atoms with Crippen LogP contribution in [-0.2, 0) is 26.9 Å². The lowest BCUT2D eigenvalue weighted by atomic mass is 9.97. The molecule has 1 saturated heterocycles. The van der Waals surface area contributed by atoms with Crippen LogP contribution in [0.25, 0.3) is 10.9 Å². The second-order valence-electron chi connectivity index (χ2n) is 8.46. The molecule has 3 aromatic rings. The zero-order chi connectivity index (χ0) is 22.2. The molecule has 0 aliphatic carbocycles. The van der Waals surface area contributed by atoms with E-state index in [1.54, 1.807) is 29.0 Å². The number of aromatic nitrogens is 1. The molecule has 4 rings (SSSR count). The zero-order valence-corrected chi connectivity index (χ0v) is 18.6. The summed E-state index contributed by atoms with van der Waals surface area (Å²) in [5.74, 6) is -0.771. The van der Waals surface area contributed by atoms with Crippen LogP contribution in [0.5, 0.6) is 0 Å². The monoisotopic (exact) mass is 442 g/mol. The number of halogens is 1. The van der Waals surface area contributed by atoms with Crippen LogP contribution in [0.4, 0.5) is 4.39 Å². The van der Waals surface area contributed by atoms with Crippen molar-refractivity contribution in [3.63, 3.8) is 0 Å². The maximum Gasteiger partial charge on any atom is 0.242 e. The first-order chi connectivity index (χ1) is 14.8. The Morgan fingerprint density at radius 3 is 2.48 bits per heavy atom. The molecule has 2 atom stereocenters. The molecule has 164 valence electrons. The lowest BCUT2D eigenvalue weighted by molar-refractivity contribution is -0.137. The first-order valence-electron chi connectivity index (χ1n) is 10.6. The van der Waals surface area contributed by atoms with Gasteiger partial charge in [0.25, 0.3) is 0 Å². The Kier molecular flexibility index (Phi) is 5.88. The average molecular weight is 443 g/mol. The molecule has 1 aliphatic rings. The van der Waals surface area contributed by atoms with E-state index in [0.29, 0.717) is 16.5 Å². The molecular formula is C24H27FN2O3S. The van der Waals surface area contributed by atoms with E-state index in [4.69, 9.17) is 0 Å². The molecular weight excluding hydrogens is 415 g/mol. The normalized spacial score (nSPS) is 19.6. The quantitative estimate of drug-likeness (QED) is 0.583. The third-order valence-corrected chi connectivity index (χ3v) is 7.83. The van der Waals surface area contributed by atoms with Crippen molar-refractivity contribution in [3.8, 4) is 0 Å². The first-order valence-corrected chi connectivity index (χ1v) is 12.3. The Morgan fingerprint density at radius 1 is 1.06 bits per heavy atom. The summed E-state index contributed by atoms with van der Waals surface area (Å²) >= 11 is 0. The molecule has 2 heterocycles. The minimum Gasteiger partial charge on any atom is -0.337 e. The number of sulfone groups is 1. The molecule has 1 fully saturated rings. The Morgan fingerprint density at radius 2 is 1.77 bits per heavy atom. The minimum absolute atomic E-state index is 0.00506. The van der Waals surface area contributed by atoms with Crippen molar-refractivity contribution in [1.82, 2.24) is 9.47 Å². The molecule has 5 nitrogen and oxygen atoms in total. The van der Waals surface area contributed by atoms with Crippen molar-refractivity contribution in [3.05, 3.63) is 66.1 Å². The largest absolute Gasteiger partial charge is 0.337 e. The highest BCUT2D eigenvalue weighted by atomic mass is 32.2. The Labute approximate surface area is 182 Å². The van der Waals surface area contributed by atoms with Gasteiger partial charge in [-0.2, -0.15) is 0 Å². The smallest absolute Gasteiger partial charge is 0.242 e. The van der Waals surface area contributed by atoms with Gasteiger partial charge in [-0.05, 0) is 56.9 Å². The summed E-state index contributed by atoms with van der Waals surface area (Å²) in [5.41, 5.74) is 1.09. The highest BCUT2D eigenvalue weighted by molar-refractivity contribution is 7.90. The summed E-state index contributed by atoms with van der Waals surface area (Å²) in [6.45, 7) is 4.22. The Bertz CT molecular complexity index is 1210. The van der Waals surface area contributed by atoms with Gasteiger partial charge in [0.05, 0.1) is 10.6 Å². The van der Waals surface area contributed by atoms with Gasteiger partial charge in [0.15, 0.2) is 9.84 Å². The van der Waals surface area contributed by atoms with Crippen molar-refractivity contribution in [2.45, 2.75) is 62.4 Å². The lowest BCUT2D eigenvalue weighted by Crippen LogP contribution is -2.48. The van der Waals surface area contributed by atoms with Crippen LogP contribution < -0.4 is 0 Å². The second kappa shape index (κ2) is 8.46. The van der Waals surface area contributed by atoms with E-state index in [2.05, 4.69) is 13.8 Å². The minimum atomic E-state index is -3.73. The number of nitrogens with zero attached hydrogens (tertiary/aromatic N) is 2. The number of piperidine rings is 1. The third-order valence-electron chi connectivity index (χ3n) is 6.12. The van der Waals surface area contributed by atoms with Gasteiger partial charge < -0.3 is 9.47 Å². The number of benzene rings is 2. The summed E-state index contributed by atoms with van der Waals surface area (Å²) < 4.78 is 41.7. The van der Waals surface area contributed by atoms with E-state index in [1.165, 1.54) is 18.2 Å². The number of amides is 1. The summed E-state index contributed by atoms with van der Waals surface area (Å²) in [7, 11) is -3.73. The number of carbonyl (C=O) groups is 1. The topological polar surface area (TPSA) is 59.4 Å². The van der Waals surface area contributed by atoms with Crippen molar-refractivity contribution in [2.24, 2.45) is 0 Å². The van der Waals surface area contributed by atoms with E-state index < -0.39 is 15.7 Å². The van der Waals surface area contributed by atoms with Crippen LogP contribution in [-0.4, -0.2) is 35.9 Å². The maximum absolute atomic E-state index is 13.5. The van der Waals surface area contributed by atoms with Crippen LogP contribution in [0.3, 0.4) is 0 Å². The molecule has 1 amide bonds. The van der Waals surface area contributed by atoms with E-state index in [0.717, 1.165) is 19.3 Å². The fourth-order valence-corrected chi connectivity index (χ4v) is 6.23. The molecule has 0 radical (unpaired) electrons. The van der Waals surface area contributed by atoms with Crippen LogP contribution in [0.2, 0.25) is 0 Å². The number of hydrogen-bond donors (Lipinski definition) is 0. The molecule has 2 unspecified atom stereocenters. The molecule has 2 aromatic carbocycles. The predicted octanol–water partition coefficient (Wildman–Crippen LogP) is 4.54. The van der Waals surface area contributed by atoms with Gasteiger partial charge in [0.2, 0.25) is 5.91 Å². The highest BCUT2D eigenvalue weighted by Gasteiger charge is 2.30. The average Bonchev–Trinajstić information content (AvgIpc) is 3.07. The number of fused-ring (bicyclic) bond motifs is 1. The third kappa shape index (κ3) is 4.37. The predicted molar refractivity (Wildman–Crippen MR) is 119 cm³/mol. The van der Waals surface area contributed by atoms with E-state index in [1.807, 2.05) is 17.0 Å². The fourth-order valence-electron chi connectivity index (χ4n) is 4.66.